The van der Waals surface area contributed by atoms with Crippen LogP contribution in [-0.2, 0) is 4.79 Å². The first-order valence-electron chi connectivity index (χ1n) is 7.29. The lowest BCUT2D eigenvalue weighted by molar-refractivity contribution is -0.138. The van der Waals surface area contributed by atoms with Crippen LogP contribution in [0.15, 0.2) is 0 Å². The summed E-state index contributed by atoms with van der Waals surface area (Å²) in [6, 6.07) is 0.451. The molecule has 0 bridgehead atoms. The van der Waals surface area contributed by atoms with Crippen molar-refractivity contribution in [1.29, 1.82) is 0 Å². The summed E-state index contributed by atoms with van der Waals surface area (Å²) in [5.41, 5.74) is 0. The summed E-state index contributed by atoms with van der Waals surface area (Å²) in [6.45, 7) is 3.79. The Bertz CT molecular complexity index is 285. The maximum Gasteiger partial charge on any atom is 0.317 e. The number of carboxylic acids is 1. The molecular formula is C14H27ClN2O2. The van der Waals surface area contributed by atoms with Crippen molar-refractivity contribution in [3.8, 4) is 0 Å². The highest BCUT2D eigenvalue weighted by atomic mass is 35.5. The Morgan fingerprint density at radius 2 is 1.95 bits per heavy atom. The number of likely N-dealkylation sites (tertiary alicyclic amines) is 1. The van der Waals surface area contributed by atoms with Crippen LogP contribution in [0.2, 0.25) is 0 Å². The molecular weight excluding hydrogens is 264 g/mol. The van der Waals surface area contributed by atoms with E-state index in [0.29, 0.717) is 6.04 Å². The van der Waals surface area contributed by atoms with Gasteiger partial charge in [-0.25, -0.2) is 0 Å². The van der Waals surface area contributed by atoms with Crippen molar-refractivity contribution in [3.05, 3.63) is 0 Å². The predicted octanol–water partition coefficient (Wildman–Crippen LogP) is 2.08. The van der Waals surface area contributed by atoms with E-state index in [9.17, 15) is 4.79 Å². The summed E-state index contributed by atoms with van der Waals surface area (Å²) in [5.74, 6) is 0.228. The van der Waals surface area contributed by atoms with Crippen LogP contribution in [0.5, 0.6) is 0 Å². The van der Waals surface area contributed by atoms with Gasteiger partial charge in [-0.15, -0.1) is 12.4 Å². The van der Waals surface area contributed by atoms with Gasteiger partial charge in [0.05, 0.1) is 6.54 Å². The monoisotopic (exact) mass is 290 g/mol. The van der Waals surface area contributed by atoms with E-state index in [1.807, 2.05) is 11.9 Å². The minimum absolute atomic E-state index is 0. The first-order chi connectivity index (χ1) is 8.65. The van der Waals surface area contributed by atoms with Crippen LogP contribution in [0.25, 0.3) is 0 Å². The van der Waals surface area contributed by atoms with E-state index in [2.05, 4.69) is 4.90 Å². The fraction of sp³-hybridized carbons (Fsp3) is 0.929. The SMILES string of the molecule is CN(CC(=O)O)C1CCCN(CC2CCC2)CC1.Cl. The molecule has 0 radical (unpaired) electrons. The maximum absolute atomic E-state index is 10.7. The molecule has 0 amide bonds. The fourth-order valence-electron chi connectivity index (χ4n) is 3.14. The predicted molar refractivity (Wildman–Crippen MR) is 78.9 cm³/mol. The molecule has 2 aliphatic rings. The second kappa shape index (κ2) is 8.08. The third kappa shape index (κ3) is 5.28. The minimum Gasteiger partial charge on any atom is -0.480 e. The Morgan fingerprint density at radius 3 is 2.53 bits per heavy atom. The Hall–Kier alpha value is -0.320. The van der Waals surface area contributed by atoms with Gasteiger partial charge in [0.2, 0.25) is 0 Å². The van der Waals surface area contributed by atoms with Gasteiger partial charge in [0, 0.05) is 12.6 Å². The second-order valence-electron chi connectivity index (χ2n) is 5.99. The number of carboxylic acid groups (broad SMARTS) is 1. The Morgan fingerprint density at radius 1 is 1.21 bits per heavy atom. The van der Waals surface area contributed by atoms with Crippen molar-refractivity contribution in [2.24, 2.45) is 5.92 Å². The molecule has 0 aromatic carbocycles. The highest BCUT2D eigenvalue weighted by Crippen LogP contribution is 2.28. The molecule has 1 heterocycles. The van der Waals surface area contributed by atoms with Gasteiger partial charge in [-0.2, -0.15) is 0 Å². The maximum atomic E-state index is 10.7. The molecule has 5 heteroatoms. The van der Waals surface area contributed by atoms with Gasteiger partial charge < -0.3 is 10.0 Å². The van der Waals surface area contributed by atoms with Crippen LogP contribution in [0.3, 0.4) is 0 Å². The van der Waals surface area contributed by atoms with E-state index < -0.39 is 5.97 Å². The van der Waals surface area contributed by atoms with E-state index in [1.54, 1.807) is 0 Å². The number of likely N-dealkylation sites (N-methyl/N-ethyl adjacent to an activating group) is 1. The van der Waals surface area contributed by atoms with Gasteiger partial charge >= 0.3 is 5.97 Å². The van der Waals surface area contributed by atoms with E-state index >= 15 is 0 Å². The zero-order valence-electron chi connectivity index (χ0n) is 11.9. The zero-order valence-corrected chi connectivity index (χ0v) is 12.7. The Labute approximate surface area is 122 Å². The largest absolute Gasteiger partial charge is 0.480 e. The number of hydrogen-bond acceptors (Lipinski definition) is 3. The standard InChI is InChI=1S/C14H26N2O2.ClH/c1-15(11-14(17)18)13-6-3-8-16(9-7-13)10-12-4-2-5-12;/h12-13H,2-11H2,1H3,(H,17,18);1H. The van der Waals surface area contributed by atoms with Gasteiger partial charge in [-0.1, -0.05) is 6.42 Å². The third-order valence-corrected chi connectivity index (χ3v) is 4.54. The van der Waals surface area contributed by atoms with Gasteiger partial charge in [0.1, 0.15) is 0 Å². The van der Waals surface area contributed by atoms with Crippen LogP contribution >= 0.6 is 12.4 Å². The molecule has 0 spiro atoms. The summed E-state index contributed by atoms with van der Waals surface area (Å²) in [5, 5.41) is 8.84. The summed E-state index contributed by atoms with van der Waals surface area (Å²) >= 11 is 0. The van der Waals surface area contributed by atoms with Crippen LogP contribution in [0.4, 0.5) is 0 Å². The summed E-state index contributed by atoms with van der Waals surface area (Å²) < 4.78 is 0. The number of rotatable bonds is 5. The Balaban J connectivity index is 0.00000180. The number of carbonyl (C=O) groups is 1. The van der Waals surface area contributed by atoms with Crippen molar-refractivity contribution in [2.75, 3.05) is 33.2 Å². The highest BCUT2D eigenvalue weighted by molar-refractivity contribution is 5.85. The molecule has 1 unspecified atom stereocenters. The van der Waals surface area contributed by atoms with Crippen molar-refractivity contribution in [3.63, 3.8) is 0 Å². The van der Waals surface area contributed by atoms with E-state index in [1.165, 1.54) is 38.8 Å². The summed E-state index contributed by atoms with van der Waals surface area (Å²) in [4.78, 5) is 15.3. The molecule has 2 rings (SSSR count). The third-order valence-electron chi connectivity index (χ3n) is 4.54. The van der Waals surface area contributed by atoms with E-state index in [0.717, 1.165) is 25.3 Å². The van der Waals surface area contributed by atoms with Gasteiger partial charge in [-0.05, 0) is 58.2 Å². The lowest BCUT2D eigenvalue weighted by Crippen LogP contribution is -2.37. The van der Waals surface area contributed by atoms with E-state index in [-0.39, 0.29) is 19.0 Å². The smallest absolute Gasteiger partial charge is 0.317 e. The average Bonchev–Trinajstić information content (AvgIpc) is 2.47. The average molecular weight is 291 g/mol. The molecule has 0 aromatic rings. The molecule has 1 atom stereocenters. The lowest BCUT2D eigenvalue weighted by Gasteiger charge is -2.32. The number of nitrogens with zero attached hydrogens (tertiary/aromatic N) is 2. The lowest BCUT2D eigenvalue weighted by atomic mass is 9.85. The quantitative estimate of drug-likeness (QED) is 0.842. The zero-order chi connectivity index (χ0) is 13.0. The molecule has 2 fully saturated rings. The van der Waals surface area contributed by atoms with Crippen molar-refractivity contribution in [1.82, 2.24) is 9.80 Å². The molecule has 0 aromatic heterocycles. The fourth-order valence-corrected chi connectivity index (χ4v) is 3.14. The second-order valence-corrected chi connectivity index (χ2v) is 5.99. The summed E-state index contributed by atoms with van der Waals surface area (Å²) in [7, 11) is 1.94. The number of hydrogen-bond donors (Lipinski definition) is 1. The normalized spacial score (nSPS) is 25.5. The van der Waals surface area contributed by atoms with Crippen LogP contribution < -0.4 is 0 Å². The van der Waals surface area contributed by atoms with Crippen molar-refractivity contribution >= 4 is 18.4 Å². The molecule has 1 aliphatic carbocycles. The van der Waals surface area contributed by atoms with Crippen LogP contribution in [0, 0.1) is 5.92 Å². The van der Waals surface area contributed by atoms with Gasteiger partial charge in [0.25, 0.3) is 0 Å². The van der Waals surface area contributed by atoms with Gasteiger partial charge in [-0.3, -0.25) is 9.69 Å². The highest BCUT2D eigenvalue weighted by Gasteiger charge is 2.25. The minimum atomic E-state index is -0.715. The molecule has 112 valence electrons. The molecule has 1 aliphatic heterocycles. The first-order valence-corrected chi connectivity index (χ1v) is 7.29. The van der Waals surface area contributed by atoms with Crippen molar-refractivity contribution < 1.29 is 9.90 Å². The van der Waals surface area contributed by atoms with Gasteiger partial charge in [0.15, 0.2) is 0 Å². The molecule has 1 saturated heterocycles. The van der Waals surface area contributed by atoms with E-state index in [4.69, 9.17) is 5.11 Å². The van der Waals surface area contributed by atoms with Crippen LogP contribution in [-0.4, -0.2) is 60.1 Å². The Kier molecular flexibility index (Phi) is 7.11. The summed E-state index contributed by atoms with van der Waals surface area (Å²) in [6.07, 6.45) is 7.73. The molecule has 19 heavy (non-hydrogen) atoms. The van der Waals surface area contributed by atoms with Crippen LogP contribution in [0.1, 0.15) is 38.5 Å². The molecule has 1 saturated carbocycles. The number of aliphatic carboxylic acids is 1. The first kappa shape index (κ1) is 16.7. The molecule has 1 N–H and O–H groups in total. The molecule has 4 nitrogen and oxygen atoms in total. The topological polar surface area (TPSA) is 43.8 Å². The number of halogens is 1. The van der Waals surface area contributed by atoms with Crippen molar-refractivity contribution in [2.45, 2.75) is 44.6 Å².